The molecule has 0 spiro atoms. The standard InChI is InChI=1S/C13H22N4O3/c1-3-19-12(18)11-10-20-13(15-11)16(2)8-9-17-6-4-14-5-7-17/h10,14H,3-9H2,1-2H3. The molecule has 0 aromatic carbocycles. The smallest absolute Gasteiger partial charge is 0.360 e. The quantitative estimate of drug-likeness (QED) is 0.747. The van der Waals surface area contributed by atoms with E-state index in [4.69, 9.17) is 9.15 Å². The number of esters is 1. The zero-order valence-electron chi connectivity index (χ0n) is 12.1. The maximum atomic E-state index is 11.5. The normalized spacial score (nSPS) is 16.1. The molecule has 7 heteroatoms. The summed E-state index contributed by atoms with van der Waals surface area (Å²) in [4.78, 5) is 20.0. The third-order valence-corrected chi connectivity index (χ3v) is 3.26. The number of piperazine rings is 1. The topological polar surface area (TPSA) is 70.8 Å². The number of nitrogens with one attached hydrogen (secondary N) is 1. The molecule has 1 saturated heterocycles. The van der Waals surface area contributed by atoms with Crippen LogP contribution < -0.4 is 10.2 Å². The molecule has 20 heavy (non-hydrogen) atoms. The van der Waals surface area contributed by atoms with Crippen LogP contribution in [-0.2, 0) is 4.74 Å². The van der Waals surface area contributed by atoms with E-state index in [1.54, 1.807) is 6.92 Å². The van der Waals surface area contributed by atoms with Crippen LogP contribution in [0.4, 0.5) is 6.01 Å². The number of anilines is 1. The Morgan fingerprint density at radius 1 is 1.55 bits per heavy atom. The van der Waals surface area contributed by atoms with Crippen LogP contribution >= 0.6 is 0 Å². The van der Waals surface area contributed by atoms with Gasteiger partial charge in [-0.2, -0.15) is 4.98 Å². The molecule has 0 aliphatic carbocycles. The molecule has 0 unspecified atom stereocenters. The number of ether oxygens (including phenoxy) is 1. The second-order valence-electron chi connectivity index (χ2n) is 4.75. The second kappa shape index (κ2) is 7.25. The molecule has 1 aliphatic heterocycles. The summed E-state index contributed by atoms with van der Waals surface area (Å²) in [5, 5.41) is 3.32. The zero-order valence-corrected chi connectivity index (χ0v) is 12.1. The summed E-state index contributed by atoms with van der Waals surface area (Å²) in [7, 11) is 1.91. The summed E-state index contributed by atoms with van der Waals surface area (Å²) in [6.07, 6.45) is 1.34. The van der Waals surface area contributed by atoms with Gasteiger partial charge in [-0.15, -0.1) is 0 Å². The highest BCUT2D eigenvalue weighted by atomic mass is 16.5. The van der Waals surface area contributed by atoms with Gasteiger partial charge in [-0.1, -0.05) is 0 Å². The highest BCUT2D eigenvalue weighted by Gasteiger charge is 2.16. The molecule has 1 aromatic heterocycles. The highest BCUT2D eigenvalue weighted by molar-refractivity contribution is 5.87. The number of aromatic nitrogens is 1. The molecule has 0 atom stereocenters. The molecular formula is C13H22N4O3. The predicted molar refractivity (Wildman–Crippen MR) is 75.0 cm³/mol. The van der Waals surface area contributed by atoms with Crippen molar-refractivity contribution in [1.82, 2.24) is 15.2 Å². The number of hydrogen-bond donors (Lipinski definition) is 1. The van der Waals surface area contributed by atoms with Gasteiger partial charge in [0.1, 0.15) is 6.26 Å². The van der Waals surface area contributed by atoms with Crippen molar-refractivity contribution >= 4 is 12.0 Å². The largest absolute Gasteiger partial charge is 0.461 e. The number of carbonyl (C=O) groups is 1. The van der Waals surface area contributed by atoms with Crippen molar-refractivity contribution in [2.45, 2.75) is 6.92 Å². The van der Waals surface area contributed by atoms with Crippen molar-refractivity contribution in [3.05, 3.63) is 12.0 Å². The Labute approximate surface area is 118 Å². The van der Waals surface area contributed by atoms with Crippen molar-refractivity contribution in [1.29, 1.82) is 0 Å². The number of rotatable bonds is 6. The zero-order chi connectivity index (χ0) is 14.4. The molecular weight excluding hydrogens is 260 g/mol. The summed E-state index contributed by atoms with van der Waals surface area (Å²) in [6, 6.07) is 0.447. The van der Waals surface area contributed by atoms with Gasteiger partial charge in [0.15, 0.2) is 5.69 Å². The van der Waals surface area contributed by atoms with Gasteiger partial charge < -0.3 is 19.4 Å². The minimum absolute atomic E-state index is 0.218. The van der Waals surface area contributed by atoms with E-state index < -0.39 is 5.97 Å². The van der Waals surface area contributed by atoms with Gasteiger partial charge >= 0.3 is 5.97 Å². The van der Waals surface area contributed by atoms with E-state index in [0.29, 0.717) is 12.6 Å². The average molecular weight is 282 g/mol. The number of likely N-dealkylation sites (N-methyl/N-ethyl adjacent to an activating group) is 1. The third kappa shape index (κ3) is 3.94. The van der Waals surface area contributed by atoms with Gasteiger partial charge in [-0.05, 0) is 6.92 Å². The van der Waals surface area contributed by atoms with Gasteiger partial charge in [-0.25, -0.2) is 4.79 Å². The van der Waals surface area contributed by atoms with Crippen molar-refractivity contribution in [2.75, 3.05) is 57.8 Å². The molecule has 1 N–H and O–H groups in total. The molecule has 0 bridgehead atoms. The van der Waals surface area contributed by atoms with E-state index in [1.165, 1.54) is 6.26 Å². The second-order valence-corrected chi connectivity index (χ2v) is 4.75. The Bertz CT molecular complexity index is 429. The minimum Gasteiger partial charge on any atom is -0.461 e. The van der Waals surface area contributed by atoms with E-state index in [9.17, 15) is 4.79 Å². The van der Waals surface area contributed by atoms with Gasteiger partial charge in [0, 0.05) is 46.3 Å². The van der Waals surface area contributed by atoms with Crippen LogP contribution in [0.2, 0.25) is 0 Å². The van der Waals surface area contributed by atoms with Crippen LogP contribution in [0, 0.1) is 0 Å². The molecule has 1 fully saturated rings. The molecule has 1 aromatic rings. The predicted octanol–water partition coefficient (Wildman–Crippen LogP) is 0.193. The van der Waals surface area contributed by atoms with Crippen LogP contribution in [-0.4, -0.2) is 68.8 Å². The maximum absolute atomic E-state index is 11.5. The molecule has 112 valence electrons. The molecule has 0 amide bonds. The van der Waals surface area contributed by atoms with Gasteiger partial charge in [-0.3, -0.25) is 4.90 Å². The Morgan fingerprint density at radius 3 is 3.00 bits per heavy atom. The molecule has 0 radical (unpaired) electrons. The van der Waals surface area contributed by atoms with Crippen molar-refractivity contribution in [3.63, 3.8) is 0 Å². The summed E-state index contributed by atoms with van der Waals surface area (Å²) in [5.74, 6) is -0.446. The Balaban J connectivity index is 1.82. The number of nitrogens with zero attached hydrogens (tertiary/aromatic N) is 3. The Kier molecular flexibility index (Phi) is 5.37. The van der Waals surface area contributed by atoms with Crippen LogP contribution in [0.25, 0.3) is 0 Å². The molecule has 2 heterocycles. The first-order valence-corrected chi connectivity index (χ1v) is 6.97. The number of oxazole rings is 1. The molecule has 0 saturated carbocycles. The summed E-state index contributed by atoms with van der Waals surface area (Å²) in [5.41, 5.74) is 0.218. The summed E-state index contributed by atoms with van der Waals surface area (Å²) in [6.45, 7) is 8.06. The Hall–Kier alpha value is -1.60. The molecule has 2 rings (SSSR count). The first kappa shape index (κ1) is 14.8. The lowest BCUT2D eigenvalue weighted by atomic mass is 10.3. The van der Waals surface area contributed by atoms with Gasteiger partial charge in [0.25, 0.3) is 6.01 Å². The van der Waals surface area contributed by atoms with Gasteiger partial charge in [0.2, 0.25) is 0 Å². The first-order valence-electron chi connectivity index (χ1n) is 6.97. The van der Waals surface area contributed by atoms with Gasteiger partial charge in [0.05, 0.1) is 6.61 Å². The van der Waals surface area contributed by atoms with Crippen molar-refractivity contribution < 1.29 is 13.9 Å². The monoisotopic (exact) mass is 282 g/mol. The summed E-state index contributed by atoms with van der Waals surface area (Å²) >= 11 is 0. The van der Waals surface area contributed by atoms with Crippen LogP contribution in [0.1, 0.15) is 17.4 Å². The van der Waals surface area contributed by atoms with Crippen LogP contribution in [0.15, 0.2) is 10.7 Å². The minimum atomic E-state index is -0.446. The van der Waals surface area contributed by atoms with Crippen LogP contribution in [0.5, 0.6) is 0 Å². The fourth-order valence-electron chi connectivity index (χ4n) is 2.06. The maximum Gasteiger partial charge on any atom is 0.360 e. The lowest BCUT2D eigenvalue weighted by Gasteiger charge is -2.28. The number of hydrogen-bond acceptors (Lipinski definition) is 7. The van der Waals surface area contributed by atoms with Crippen molar-refractivity contribution in [3.8, 4) is 0 Å². The van der Waals surface area contributed by atoms with E-state index in [0.717, 1.165) is 39.3 Å². The SMILES string of the molecule is CCOC(=O)c1coc(N(C)CCN2CCNCC2)n1. The Morgan fingerprint density at radius 2 is 2.30 bits per heavy atom. The first-order chi connectivity index (χ1) is 9.70. The fraction of sp³-hybridized carbons (Fsp3) is 0.692. The highest BCUT2D eigenvalue weighted by Crippen LogP contribution is 2.12. The molecule has 1 aliphatic rings. The van der Waals surface area contributed by atoms with Crippen molar-refractivity contribution in [2.24, 2.45) is 0 Å². The van der Waals surface area contributed by atoms with Crippen LogP contribution in [0.3, 0.4) is 0 Å². The summed E-state index contributed by atoms with van der Waals surface area (Å²) < 4.78 is 10.2. The fourth-order valence-corrected chi connectivity index (χ4v) is 2.06. The lowest BCUT2D eigenvalue weighted by molar-refractivity contribution is 0.0519. The van der Waals surface area contributed by atoms with E-state index in [2.05, 4.69) is 15.2 Å². The lowest BCUT2D eigenvalue weighted by Crippen LogP contribution is -2.46. The average Bonchev–Trinajstić information content (AvgIpc) is 2.96. The molecule has 7 nitrogen and oxygen atoms in total. The van der Waals surface area contributed by atoms with E-state index in [-0.39, 0.29) is 5.69 Å². The number of carbonyl (C=O) groups excluding carboxylic acids is 1. The third-order valence-electron chi connectivity index (χ3n) is 3.26. The van der Waals surface area contributed by atoms with E-state index >= 15 is 0 Å². The van der Waals surface area contributed by atoms with E-state index in [1.807, 2.05) is 11.9 Å².